The Hall–Kier alpha value is -4.80. The third-order valence-electron chi connectivity index (χ3n) is 16.1. The van der Waals surface area contributed by atoms with Crippen molar-refractivity contribution in [3.63, 3.8) is 0 Å². The number of carbonyl (C=O) groups excluding carboxylic acids is 4. The first-order chi connectivity index (χ1) is 49.7. The van der Waals surface area contributed by atoms with E-state index >= 15 is 0 Å². The highest BCUT2D eigenvalue weighted by Gasteiger charge is 2.30. The van der Waals surface area contributed by atoms with E-state index in [0.29, 0.717) is 25.7 Å². The first-order valence-electron chi connectivity index (χ1n) is 39.4. The van der Waals surface area contributed by atoms with Gasteiger partial charge in [0.25, 0.3) is 0 Å². The minimum Gasteiger partial charge on any atom is -0.462 e. The van der Waals surface area contributed by atoms with Crippen LogP contribution in [0.15, 0.2) is 134 Å². The van der Waals surface area contributed by atoms with Gasteiger partial charge in [0.15, 0.2) is 12.2 Å². The number of aliphatic hydroxyl groups excluding tert-OH is 1. The maximum atomic E-state index is 13.1. The minimum absolute atomic E-state index is 0.0672. The van der Waals surface area contributed by atoms with Crippen molar-refractivity contribution in [2.24, 2.45) is 0 Å². The second-order valence-electron chi connectivity index (χ2n) is 25.9. The second kappa shape index (κ2) is 74.5. The Morgan fingerprint density at radius 3 is 0.853 bits per heavy atom. The summed E-state index contributed by atoms with van der Waals surface area (Å²) in [6, 6.07) is 0. The topological polar surface area (TPSA) is 237 Å². The number of esters is 4. The zero-order chi connectivity index (χ0) is 74.6. The van der Waals surface area contributed by atoms with E-state index in [-0.39, 0.29) is 25.7 Å². The highest BCUT2D eigenvalue weighted by Crippen LogP contribution is 2.45. The van der Waals surface area contributed by atoms with Gasteiger partial charge in [0, 0.05) is 25.7 Å². The van der Waals surface area contributed by atoms with Crippen molar-refractivity contribution >= 4 is 39.5 Å². The predicted molar refractivity (Wildman–Crippen MR) is 418 cm³/mol. The molecule has 0 amide bonds. The number of unbranched alkanes of at least 4 members (excludes halogenated alkanes) is 25. The highest BCUT2D eigenvalue weighted by atomic mass is 31.2. The second-order valence-corrected chi connectivity index (χ2v) is 28.8. The summed E-state index contributed by atoms with van der Waals surface area (Å²) in [5.74, 6) is -2.27. The summed E-state index contributed by atoms with van der Waals surface area (Å²) < 4.78 is 68.5. The van der Waals surface area contributed by atoms with Gasteiger partial charge in [-0.1, -0.05) is 283 Å². The van der Waals surface area contributed by atoms with E-state index in [1.807, 2.05) is 0 Å². The molecule has 0 heterocycles. The Balaban J connectivity index is 5.41. The molecule has 0 aliphatic heterocycles. The Morgan fingerprint density at radius 1 is 0.284 bits per heavy atom. The summed E-state index contributed by atoms with van der Waals surface area (Å²) in [5.41, 5.74) is 0. The molecule has 0 bridgehead atoms. The van der Waals surface area contributed by atoms with E-state index in [4.69, 9.17) is 37.0 Å². The van der Waals surface area contributed by atoms with Gasteiger partial charge in [-0.25, -0.2) is 9.13 Å². The molecule has 0 saturated carbocycles. The Kier molecular flexibility index (Phi) is 71.0. The molecule has 0 aromatic rings. The number of hydrogen-bond donors (Lipinski definition) is 3. The van der Waals surface area contributed by atoms with E-state index in [0.717, 1.165) is 167 Å². The van der Waals surface area contributed by atoms with Crippen LogP contribution in [0.5, 0.6) is 0 Å². The standard InChI is InChI=1S/C83H140O17P2/c1-5-9-13-17-21-25-29-33-36-37-38-39-42-45-48-52-56-60-64-68-81(86)94-73-78(99-82(87)69-65-61-57-53-49-43-32-28-24-20-16-12-8-4)75-97-101(89,90)95-71-77(84)72-96-102(91,92)98-76-79(100-83(88)70-66-62-58-54-50-46-41-35-31-27-23-19-15-11-7-3)74-93-80(85)67-63-59-55-51-47-44-40-34-30-26-22-18-14-10-6-2/h9-10,13-14,16,20-22,25-26,28,32-34,36,38-40,45,47-48,51,77-79,84H,5-8,11-12,15,17-19,23-24,27,29-31,35,37,41-44,46,49-50,52-76H2,1-4H3,(H,89,90)(H,91,92)/b13-9-,14-10-,20-16-,25-21-,26-22-,32-28-,36-33-,39-38-,40-34-,48-45-,51-47-. The summed E-state index contributed by atoms with van der Waals surface area (Å²) in [4.78, 5) is 72.9. The van der Waals surface area contributed by atoms with Gasteiger partial charge in [-0.3, -0.25) is 37.3 Å². The van der Waals surface area contributed by atoms with Crippen molar-refractivity contribution in [2.45, 2.75) is 329 Å². The van der Waals surface area contributed by atoms with Crippen molar-refractivity contribution in [2.75, 3.05) is 39.6 Å². The van der Waals surface area contributed by atoms with Gasteiger partial charge in [0.05, 0.1) is 26.4 Å². The van der Waals surface area contributed by atoms with Crippen molar-refractivity contribution in [3.8, 4) is 0 Å². The molecule has 0 fully saturated rings. The van der Waals surface area contributed by atoms with E-state index in [2.05, 4.69) is 161 Å². The van der Waals surface area contributed by atoms with Crippen LogP contribution in [-0.4, -0.2) is 96.7 Å². The van der Waals surface area contributed by atoms with Crippen molar-refractivity contribution in [1.29, 1.82) is 0 Å². The van der Waals surface area contributed by atoms with Crippen LogP contribution in [0.4, 0.5) is 0 Å². The lowest BCUT2D eigenvalue weighted by molar-refractivity contribution is -0.161. The van der Waals surface area contributed by atoms with Gasteiger partial charge in [-0.2, -0.15) is 0 Å². The van der Waals surface area contributed by atoms with E-state index < -0.39 is 97.5 Å². The molecule has 0 radical (unpaired) electrons. The number of carbonyl (C=O) groups is 4. The SMILES string of the molecule is CC/C=C\C/C=C\C/C=C\C/C=C\C/C=C\CCCCCC(=O)OCC(COP(=O)(O)OCC(O)COP(=O)(O)OCC(COC(=O)CCCC/C=C\C/C=C\C/C=C\C/C=C\CC)OC(=O)CCCCCCCCCCCCCCCCC)OC(=O)CCCCCCC/C=C\C/C=C\CCC. The normalized spacial score (nSPS) is 14.6. The predicted octanol–water partition coefficient (Wildman–Crippen LogP) is 22.9. The highest BCUT2D eigenvalue weighted by molar-refractivity contribution is 7.47. The lowest BCUT2D eigenvalue weighted by Gasteiger charge is -2.21. The number of aliphatic hydroxyl groups is 1. The maximum Gasteiger partial charge on any atom is 0.472 e. The molecular weight excluding hydrogens is 1330 g/mol. The summed E-state index contributed by atoms with van der Waals surface area (Å²) >= 11 is 0. The van der Waals surface area contributed by atoms with Crippen molar-refractivity contribution in [1.82, 2.24) is 0 Å². The molecule has 0 aliphatic carbocycles. The zero-order valence-corrected chi connectivity index (χ0v) is 65.5. The summed E-state index contributed by atoms with van der Waals surface area (Å²) in [6.07, 6.45) is 83.0. The molecule has 5 atom stereocenters. The van der Waals surface area contributed by atoms with Crippen LogP contribution >= 0.6 is 15.6 Å². The molecule has 3 N–H and O–H groups in total. The fraction of sp³-hybridized carbons (Fsp3) is 0.687. The van der Waals surface area contributed by atoms with Crippen LogP contribution in [-0.2, 0) is 65.4 Å². The minimum atomic E-state index is -4.99. The van der Waals surface area contributed by atoms with Gasteiger partial charge in [-0.15, -0.1) is 0 Å². The van der Waals surface area contributed by atoms with Crippen LogP contribution in [0.3, 0.4) is 0 Å². The number of allylic oxidation sites excluding steroid dienone is 22. The average molecular weight is 1470 g/mol. The number of ether oxygens (including phenoxy) is 4. The van der Waals surface area contributed by atoms with E-state index in [1.165, 1.54) is 64.2 Å². The molecule has 19 heteroatoms. The molecule has 5 unspecified atom stereocenters. The molecule has 0 aromatic carbocycles. The van der Waals surface area contributed by atoms with Crippen LogP contribution in [0.2, 0.25) is 0 Å². The monoisotopic (exact) mass is 1470 g/mol. The lowest BCUT2D eigenvalue weighted by Crippen LogP contribution is -2.30. The van der Waals surface area contributed by atoms with Crippen LogP contribution in [0, 0.1) is 0 Å². The number of phosphoric ester groups is 2. The molecule has 17 nitrogen and oxygen atoms in total. The summed E-state index contributed by atoms with van der Waals surface area (Å²) in [6.45, 7) is 4.49. The zero-order valence-electron chi connectivity index (χ0n) is 63.7. The first-order valence-corrected chi connectivity index (χ1v) is 42.4. The van der Waals surface area contributed by atoms with E-state index in [9.17, 15) is 43.2 Å². The quantitative estimate of drug-likeness (QED) is 0.0169. The summed E-state index contributed by atoms with van der Waals surface area (Å²) in [7, 11) is -9.98. The van der Waals surface area contributed by atoms with Crippen LogP contribution in [0.25, 0.3) is 0 Å². The third kappa shape index (κ3) is 73.5. The number of phosphoric acid groups is 2. The number of rotatable bonds is 73. The molecular formula is C83H140O17P2. The Labute approximate surface area is 618 Å². The van der Waals surface area contributed by atoms with E-state index in [1.54, 1.807) is 0 Å². The third-order valence-corrected chi connectivity index (χ3v) is 18.0. The largest absolute Gasteiger partial charge is 0.472 e. The molecule has 0 aliphatic rings. The van der Waals surface area contributed by atoms with Gasteiger partial charge in [0.1, 0.15) is 19.3 Å². The Morgan fingerprint density at radius 2 is 0.529 bits per heavy atom. The molecule has 0 rings (SSSR count). The smallest absolute Gasteiger partial charge is 0.462 e. The molecule has 102 heavy (non-hydrogen) atoms. The molecule has 584 valence electrons. The van der Waals surface area contributed by atoms with Crippen molar-refractivity contribution < 1.29 is 80.2 Å². The first kappa shape index (κ1) is 97.2. The number of hydrogen-bond acceptors (Lipinski definition) is 15. The van der Waals surface area contributed by atoms with Crippen LogP contribution < -0.4 is 0 Å². The fourth-order valence-corrected chi connectivity index (χ4v) is 11.7. The van der Waals surface area contributed by atoms with Gasteiger partial charge in [-0.05, 0) is 135 Å². The van der Waals surface area contributed by atoms with Crippen molar-refractivity contribution in [3.05, 3.63) is 134 Å². The average Bonchev–Trinajstić information content (AvgIpc) is 0.908. The molecule has 0 aromatic heterocycles. The lowest BCUT2D eigenvalue weighted by atomic mass is 10.0. The maximum absolute atomic E-state index is 13.1. The van der Waals surface area contributed by atoms with Gasteiger partial charge < -0.3 is 33.8 Å². The Bertz CT molecular complexity index is 2460. The van der Waals surface area contributed by atoms with Gasteiger partial charge >= 0.3 is 39.5 Å². The van der Waals surface area contributed by atoms with Gasteiger partial charge in [0.2, 0.25) is 0 Å². The molecule has 0 saturated heterocycles. The van der Waals surface area contributed by atoms with Crippen LogP contribution in [0.1, 0.15) is 310 Å². The fourth-order valence-electron chi connectivity index (χ4n) is 10.2. The molecule has 0 spiro atoms. The summed E-state index contributed by atoms with van der Waals surface area (Å²) in [5, 5.41) is 10.6.